The Kier molecular flexibility index (Phi) is 5.16. The summed E-state index contributed by atoms with van der Waals surface area (Å²) in [7, 11) is -3.83. The molecule has 2 aromatic heterocycles. The number of aromatic nitrogens is 1. The smallest absolute Gasteiger partial charge is 0.360 e. The van der Waals surface area contributed by atoms with Crippen LogP contribution in [0.1, 0.15) is 17.4 Å². The highest BCUT2D eigenvalue weighted by atomic mass is 32.2. The molecule has 1 N–H and O–H groups in total. The van der Waals surface area contributed by atoms with Crippen LogP contribution in [-0.2, 0) is 14.8 Å². The molecule has 0 amide bonds. The van der Waals surface area contributed by atoms with E-state index in [0.717, 1.165) is 11.3 Å². The van der Waals surface area contributed by atoms with Crippen LogP contribution < -0.4 is 14.2 Å². The fraction of sp³-hybridized carbons (Fsp3) is 0.222. The number of nitrogens with one attached hydrogen (secondary N) is 1. The van der Waals surface area contributed by atoms with Gasteiger partial charge in [0.1, 0.15) is 17.4 Å². The van der Waals surface area contributed by atoms with Gasteiger partial charge in [-0.25, -0.2) is 13.2 Å². The number of esters is 1. The zero-order valence-electron chi connectivity index (χ0n) is 15.2. The zero-order valence-corrected chi connectivity index (χ0v) is 16.8. The third-order valence-corrected chi connectivity index (χ3v) is 6.85. The van der Waals surface area contributed by atoms with Gasteiger partial charge in [0.15, 0.2) is 23.0 Å². The first-order chi connectivity index (χ1) is 14.0. The van der Waals surface area contributed by atoms with Crippen molar-refractivity contribution in [3.8, 4) is 22.1 Å². The van der Waals surface area contributed by atoms with Gasteiger partial charge in [0.25, 0.3) is 10.0 Å². The van der Waals surface area contributed by atoms with Crippen LogP contribution in [0.4, 0.5) is 5.69 Å². The molecule has 9 nitrogen and oxygen atoms in total. The Bertz CT molecular complexity index is 1150. The number of hydrogen-bond acceptors (Lipinski definition) is 9. The third-order valence-electron chi connectivity index (χ3n) is 3.88. The van der Waals surface area contributed by atoms with E-state index in [1.165, 1.54) is 12.1 Å². The zero-order chi connectivity index (χ0) is 20.4. The molecule has 4 rings (SSSR count). The average molecular weight is 436 g/mol. The summed E-state index contributed by atoms with van der Waals surface area (Å²) in [6, 6.07) is 9.27. The average Bonchev–Trinajstić information content (AvgIpc) is 3.38. The molecular weight excluding hydrogens is 420 g/mol. The number of thiophene rings is 1. The molecule has 29 heavy (non-hydrogen) atoms. The van der Waals surface area contributed by atoms with Crippen LogP contribution in [0.3, 0.4) is 0 Å². The van der Waals surface area contributed by atoms with Gasteiger partial charge in [-0.3, -0.25) is 4.72 Å². The number of carbonyl (C=O) groups is 1. The van der Waals surface area contributed by atoms with Crippen molar-refractivity contribution in [3.63, 3.8) is 0 Å². The number of fused-ring (bicyclic) bond motifs is 1. The summed E-state index contributed by atoms with van der Waals surface area (Å²) < 4.78 is 48.9. The molecule has 1 aromatic carbocycles. The monoisotopic (exact) mass is 436 g/mol. The molecule has 0 spiro atoms. The molecule has 0 radical (unpaired) electrons. The minimum Gasteiger partial charge on any atom is -0.486 e. The van der Waals surface area contributed by atoms with Gasteiger partial charge in [-0.15, -0.1) is 11.3 Å². The molecule has 3 heterocycles. The molecule has 0 saturated carbocycles. The lowest BCUT2D eigenvalue weighted by Gasteiger charge is -2.19. The van der Waals surface area contributed by atoms with E-state index < -0.39 is 16.0 Å². The number of benzene rings is 1. The summed E-state index contributed by atoms with van der Waals surface area (Å²) in [5.74, 6) is 0.725. The largest absolute Gasteiger partial charge is 0.486 e. The molecule has 0 saturated heterocycles. The molecule has 0 atom stereocenters. The number of anilines is 1. The molecule has 152 valence electrons. The van der Waals surface area contributed by atoms with Crippen molar-refractivity contribution in [3.05, 3.63) is 42.1 Å². The van der Waals surface area contributed by atoms with Gasteiger partial charge in [0, 0.05) is 12.1 Å². The maximum atomic E-state index is 12.7. The fourth-order valence-corrected chi connectivity index (χ4v) is 4.91. The Balaban J connectivity index is 1.53. The topological polar surface area (TPSA) is 117 Å². The van der Waals surface area contributed by atoms with Crippen LogP contribution in [0.5, 0.6) is 11.5 Å². The lowest BCUT2D eigenvalue weighted by Crippen LogP contribution is -2.16. The molecule has 0 aliphatic carbocycles. The van der Waals surface area contributed by atoms with E-state index in [2.05, 4.69) is 9.88 Å². The standard InChI is InChI=1S/C18H16N2O7S2/c1-2-24-18(21)12-10-15(27-19-12)16-5-6-17(28-16)29(22,23)20-11-3-4-13-14(9-11)26-8-7-25-13/h3-6,9-10,20H,2,7-8H2,1H3. The first-order valence-electron chi connectivity index (χ1n) is 8.63. The summed E-state index contributed by atoms with van der Waals surface area (Å²) in [5.41, 5.74) is 0.377. The second-order valence-electron chi connectivity index (χ2n) is 5.88. The van der Waals surface area contributed by atoms with Crippen molar-refractivity contribution in [2.45, 2.75) is 11.1 Å². The lowest BCUT2D eigenvalue weighted by atomic mass is 10.3. The Hall–Kier alpha value is -3.05. The van der Waals surface area contributed by atoms with Crippen LogP contribution in [0.25, 0.3) is 10.6 Å². The number of carbonyl (C=O) groups excluding carboxylic acids is 1. The fourth-order valence-electron chi connectivity index (χ4n) is 2.60. The van der Waals surface area contributed by atoms with E-state index in [9.17, 15) is 13.2 Å². The second kappa shape index (κ2) is 7.76. The molecule has 1 aliphatic rings. The van der Waals surface area contributed by atoms with Crippen LogP contribution in [0.15, 0.2) is 45.1 Å². The SMILES string of the molecule is CCOC(=O)c1cc(-c2ccc(S(=O)(=O)Nc3ccc4c(c3)OCCO4)s2)on1. The van der Waals surface area contributed by atoms with Crippen LogP contribution in [0, 0.1) is 0 Å². The Morgan fingerprint density at radius 3 is 2.76 bits per heavy atom. The molecule has 0 fully saturated rings. The van der Waals surface area contributed by atoms with E-state index in [1.54, 1.807) is 31.2 Å². The molecule has 1 aliphatic heterocycles. The van der Waals surface area contributed by atoms with Crippen molar-refractivity contribution < 1.29 is 31.9 Å². The number of ether oxygens (including phenoxy) is 3. The van der Waals surface area contributed by atoms with Gasteiger partial charge in [-0.1, -0.05) is 5.16 Å². The van der Waals surface area contributed by atoms with Crippen molar-refractivity contribution >= 4 is 33.0 Å². The predicted octanol–water partition coefficient (Wildman–Crippen LogP) is 3.15. The minimum absolute atomic E-state index is 0.0223. The normalized spacial score (nSPS) is 13.1. The number of nitrogens with zero attached hydrogens (tertiary/aromatic N) is 1. The van der Waals surface area contributed by atoms with Crippen molar-refractivity contribution in [2.24, 2.45) is 0 Å². The summed E-state index contributed by atoms with van der Waals surface area (Å²) in [4.78, 5) is 12.2. The van der Waals surface area contributed by atoms with Crippen molar-refractivity contribution in [1.82, 2.24) is 5.16 Å². The van der Waals surface area contributed by atoms with Gasteiger partial charge < -0.3 is 18.7 Å². The van der Waals surface area contributed by atoms with Gasteiger partial charge in [0.2, 0.25) is 0 Å². The van der Waals surface area contributed by atoms with E-state index in [4.69, 9.17) is 18.7 Å². The van der Waals surface area contributed by atoms with E-state index in [1.807, 2.05) is 0 Å². The lowest BCUT2D eigenvalue weighted by molar-refractivity contribution is 0.0514. The molecule has 0 bridgehead atoms. The molecule has 11 heteroatoms. The van der Waals surface area contributed by atoms with Crippen LogP contribution >= 0.6 is 11.3 Å². The highest BCUT2D eigenvalue weighted by Gasteiger charge is 2.22. The Morgan fingerprint density at radius 2 is 1.97 bits per heavy atom. The highest BCUT2D eigenvalue weighted by molar-refractivity contribution is 7.94. The minimum atomic E-state index is -3.83. The Labute approximate surface area is 170 Å². The van der Waals surface area contributed by atoms with Crippen LogP contribution in [0.2, 0.25) is 0 Å². The molecule has 0 unspecified atom stereocenters. The number of hydrogen-bond donors (Lipinski definition) is 1. The summed E-state index contributed by atoms with van der Waals surface area (Å²) >= 11 is 0.987. The molecule has 3 aromatic rings. The number of sulfonamides is 1. The summed E-state index contributed by atoms with van der Waals surface area (Å²) in [5, 5.41) is 3.66. The third kappa shape index (κ3) is 4.05. The summed E-state index contributed by atoms with van der Waals surface area (Å²) in [6.07, 6.45) is 0. The van der Waals surface area contributed by atoms with Crippen molar-refractivity contribution in [2.75, 3.05) is 24.5 Å². The first kappa shape index (κ1) is 19.3. The van der Waals surface area contributed by atoms with Crippen LogP contribution in [-0.4, -0.2) is 39.4 Å². The quantitative estimate of drug-likeness (QED) is 0.586. The predicted molar refractivity (Wildman–Crippen MR) is 104 cm³/mol. The maximum absolute atomic E-state index is 12.7. The highest BCUT2D eigenvalue weighted by Crippen LogP contribution is 2.35. The Morgan fingerprint density at radius 1 is 1.17 bits per heavy atom. The van der Waals surface area contributed by atoms with E-state index >= 15 is 0 Å². The van der Waals surface area contributed by atoms with Gasteiger partial charge in [-0.2, -0.15) is 0 Å². The first-order valence-corrected chi connectivity index (χ1v) is 10.9. The molecular formula is C18H16N2O7S2. The maximum Gasteiger partial charge on any atom is 0.360 e. The summed E-state index contributed by atoms with van der Waals surface area (Å²) in [6.45, 7) is 2.76. The number of rotatable bonds is 6. The van der Waals surface area contributed by atoms with E-state index in [-0.39, 0.29) is 22.3 Å². The van der Waals surface area contributed by atoms with Crippen molar-refractivity contribution in [1.29, 1.82) is 0 Å². The van der Waals surface area contributed by atoms with Gasteiger partial charge >= 0.3 is 5.97 Å². The van der Waals surface area contributed by atoms with Gasteiger partial charge in [-0.05, 0) is 31.2 Å². The second-order valence-corrected chi connectivity index (χ2v) is 8.87. The van der Waals surface area contributed by atoms with Gasteiger partial charge in [0.05, 0.1) is 17.2 Å². The van der Waals surface area contributed by atoms with E-state index in [0.29, 0.717) is 35.3 Å².